The van der Waals surface area contributed by atoms with Gasteiger partial charge in [0, 0.05) is 12.6 Å². The van der Waals surface area contributed by atoms with Gasteiger partial charge in [-0.1, -0.05) is 19.8 Å². The quantitative estimate of drug-likeness (QED) is 0.806. The predicted octanol–water partition coefficient (Wildman–Crippen LogP) is 3.66. The number of rotatable bonds is 7. The van der Waals surface area contributed by atoms with E-state index in [1.54, 1.807) is 6.33 Å². The van der Waals surface area contributed by atoms with Gasteiger partial charge in [-0.15, -0.1) is 0 Å². The van der Waals surface area contributed by atoms with Crippen molar-refractivity contribution in [2.24, 2.45) is 5.92 Å². The molecular weight excluding hydrogens is 292 g/mol. The zero-order valence-corrected chi connectivity index (χ0v) is 12.6. The van der Waals surface area contributed by atoms with Crippen molar-refractivity contribution in [3.05, 3.63) is 10.8 Å². The van der Waals surface area contributed by atoms with Crippen LogP contribution in [0.25, 0.3) is 0 Å². The molecule has 1 unspecified atom stereocenters. The van der Waals surface area contributed by atoms with Crippen LogP contribution in [0, 0.1) is 5.92 Å². The van der Waals surface area contributed by atoms with E-state index in [0.717, 1.165) is 35.0 Å². The summed E-state index contributed by atoms with van der Waals surface area (Å²) in [6.45, 7) is 5.28. The van der Waals surface area contributed by atoms with E-state index in [4.69, 9.17) is 0 Å². The first-order valence-electron chi connectivity index (χ1n) is 6.71. The van der Waals surface area contributed by atoms with Gasteiger partial charge in [0.15, 0.2) is 0 Å². The van der Waals surface area contributed by atoms with Gasteiger partial charge in [0.1, 0.15) is 22.4 Å². The lowest BCUT2D eigenvalue weighted by Crippen LogP contribution is -2.17. The molecule has 4 nitrogen and oxygen atoms in total. The van der Waals surface area contributed by atoms with Crippen LogP contribution in [0.1, 0.15) is 39.5 Å². The number of anilines is 2. The molecule has 1 aliphatic rings. The summed E-state index contributed by atoms with van der Waals surface area (Å²) in [5.41, 5.74) is 0. The van der Waals surface area contributed by atoms with Crippen molar-refractivity contribution in [1.82, 2.24) is 9.97 Å². The standard InChI is InChI=1S/C13H21BrN4/c1-3-6-15-12-11(14)13(17-8-16-12)18-9(2)7-10-4-5-10/h8-10H,3-7H2,1-2H3,(H2,15,16,17,18). The Morgan fingerprint density at radius 2 is 2.11 bits per heavy atom. The molecule has 1 atom stereocenters. The molecule has 0 saturated heterocycles. The number of aromatic nitrogens is 2. The fourth-order valence-electron chi connectivity index (χ4n) is 1.98. The van der Waals surface area contributed by atoms with E-state index < -0.39 is 0 Å². The summed E-state index contributed by atoms with van der Waals surface area (Å²) < 4.78 is 0.932. The predicted molar refractivity (Wildman–Crippen MR) is 78.9 cm³/mol. The van der Waals surface area contributed by atoms with Crippen LogP contribution >= 0.6 is 15.9 Å². The molecule has 0 radical (unpaired) electrons. The normalized spacial score (nSPS) is 16.4. The SMILES string of the molecule is CCCNc1ncnc(NC(C)CC2CC2)c1Br. The molecule has 0 amide bonds. The Hall–Kier alpha value is -0.840. The summed E-state index contributed by atoms with van der Waals surface area (Å²) in [7, 11) is 0. The van der Waals surface area contributed by atoms with Crippen molar-refractivity contribution < 1.29 is 0 Å². The number of hydrogen-bond donors (Lipinski definition) is 2. The van der Waals surface area contributed by atoms with E-state index in [-0.39, 0.29) is 0 Å². The summed E-state index contributed by atoms with van der Waals surface area (Å²) in [5, 5.41) is 6.75. The fraction of sp³-hybridized carbons (Fsp3) is 0.692. The molecule has 0 aromatic carbocycles. The maximum absolute atomic E-state index is 4.31. The first-order chi connectivity index (χ1) is 8.70. The van der Waals surface area contributed by atoms with Crippen LogP contribution in [0.15, 0.2) is 10.8 Å². The van der Waals surface area contributed by atoms with E-state index in [0.29, 0.717) is 6.04 Å². The zero-order valence-electron chi connectivity index (χ0n) is 11.0. The number of halogens is 1. The third-order valence-electron chi connectivity index (χ3n) is 3.10. The Morgan fingerprint density at radius 3 is 2.78 bits per heavy atom. The van der Waals surface area contributed by atoms with Crippen LogP contribution in [-0.4, -0.2) is 22.6 Å². The van der Waals surface area contributed by atoms with Gasteiger partial charge in [-0.3, -0.25) is 0 Å². The average Bonchev–Trinajstić information content (AvgIpc) is 3.14. The van der Waals surface area contributed by atoms with E-state index in [9.17, 15) is 0 Å². The Kier molecular flexibility index (Phi) is 4.80. The summed E-state index contributed by atoms with van der Waals surface area (Å²) in [6, 6.07) is 0.461. The highest BCUT2D eigenvalue weighted by Crippen LogP contribution is 2.35. The molecule has 1 aliphatic carbocycles. The molecule has 5 heteroatoms. The Balaban J connectivity index is 1.97. The van der Waals surface area contributed by atoms with Crippen LogP contribution in [0.4, 0.5) is 11.6 Å². The van der Waals surface area contributed by atoms with Gasteiger partial charge in [-0.25, -0.2) is 9.97 Å². The lowest BCUT2D eigenvalue weighted by atomic mass is 10.1. The van der Waals surface area contributed by atoms with Crippen molar-refractivity contribution in [3.8, 4) is 0 Å². The second-order valence-corrected chi connectivity index (χ2v) is 5.83. The van der Waals surface area contributed by atoms with Crippen molar-refractivity contribution in [3.63, 3.8) is 0 Å². The molecule has 2 rings (SSSR count). The zero-order chi connectivity index (χ0) is 13.0. The highest BCUT2D eigenvalue weighted by atomic mass is 79.9. The summed E-state index contributed by atoms with van der Waals surface area (Å²) >= 11 is 3.57. The van der Waals surface area contributed by atoms with Gasteiger partial charge < -0.3 is 10.6 Å². The van der Waals surface area contributed by atoms with Gasteiger partial charge in [-0.2, -0.15) is 0 Å². The average molecular weight is 313 g/mol. The van der Waals surface area contributed by atoms with Gasteiger partial charge in [0.05, 0.1) is 0 Å². The lowest BCUT2D eigenvalue weighted by Gasteiger charge is -2.16. The van der Waals surface area contributed by atoms with Crippen LogP contribution < -0.4 is 10.6 Å². The molecule has 1 aromatic heterocycles. The van der Waals surface area contributed by atoms with Crippen LogP contribution in [-0.2, 0) is 0 Å². The monoisotopic (exact) mass is 312 g/mol. The molecule has 18 heavy (non-hydrogen) atoms. The molecule has 0 spiro atoms. The first-order valence-corrected chi connectivity index (χ1v) is 7.51. The molecule has 2 N–H and O–H groups in total. The molecule has 100 valence electrons. The van der Waals surface area contributed by atoms with Gasteiger partial charge in [-0.05, 0) is 41.6 Å². The van der Waals surface area contributed by atoms with Crippen molar-refractivity contribution >= 4 is 27.6 Å². The minimum atomic E-state index is 0.461. The molecule has 0 aliphatic heterocycles. The maximum atomic E-state index is 4.31. The maximum Gasteiger partial charge on any atom is 0.146 e. The topological polar surface area (TPSA) is 49.8 Å². The summed E-state index contributed by atoms with van der Waals surface area (Å²) in [4.78, 5) is 8.55. The number of nitrogens with zero attached hydrogens (tertiary/aromatic N) is 2. The lowest BCUT2D eigenvalue weighted by molar-refractivity contribution is 0.639. The van der Waals surface area contributed by atoms with E-state index >= 15 is 0 Å². The van der Waals surface area contributed by atoms with Crippen LogP contribution in [0.2, 0.25) is 0 Å². The molecule has 1 aromatic rings. The molecule has 0 bridgehead atoms. The second kappa shape index (κ2) is 6.36. The molecule has 1 fully saturated rings. The van der Waals surface area contributed by atoms with E-state index in [1.807, 2.05) is 0 Å². The number of hydrogen-bond acceptors (Lipinski definition) is 4. The smallest absolute Gasteiger partial charge is 0.146 e. The Bertz CT molecular complexity index is 393. The van der Waals surface area contributed by atoms with Gasteiger partial charge in [0.2, 0.25) is 0 Å². The van der Waals surface area contributed by atoms with Gasteiger partial charge >= 0.3 is 0 Å². The minimum Gasteiger partial charge on any atom is -0.369 e. The molecule has 1 heterocycles. The fourth-order valence-corrected chi connectivity index (χ4v) is 2.44. The molecule has 1 saturated carbocycles. The molecular formula is C13H21BrN4. The highest BCUT2D eigenvalue weighted by molar-refractivity contribution is 9.10. The third-order valence-corrected chi connectivity index (χ3v) is 3.85. The number of nitrogens with one attached hydrogen (secondary N) is 2. The Labute approximate surface area is 117 Å². The second-order valence-electron chi connectivity index (χ2n) is 5.04. The third kappa shape index (κ3) is 3.83. The first kappa shape index (κ1) is 13.6. The van der Waals surface area contributed by atoms with Crippen molar-refractivity contribution in [1.29, 1.82) is 0 Å². The van der Waals surface area contributed by atoms with Crippen molar-refractivity contribution in [2.75, 3.05) is 17.2 Å². The summed E-state index contributed by atoms with van der Waals surface area (Å²) in [5.74, 6) is 2.68. The highest BCUT2D eigenvalue weighted by Gasteiger charge is 2.24. The largest absolute Gasteiger partial charge is 0.369 e. The summed E-state index contributed by atoms with van der Waals surface area (Å²) in [6.07, 6.45) is 6.70. The Morgan fingerprint density at radius 1 is 1.39 bits per heavy atom. The van der Waals surface area contributed by atoms with Gasteiger partial charge in [0.25, 0.3) is 0 Å². The van der Waals surface area contributed by atoms with Crippen LogP contribution in [0.3, 0.4) is 0 Å². The van der Waals surface area contributed by atoms with Crippen LogP contribution in [0.5, 0.6) is 0 Å². The van der Waals surface area contributed by atoms with Crippen molar-refractivity contribution in [2.45, 2.75) is 45.6 Å². The minimum absolute atomic E-state index is 0.461. The van der Waals surface area contributed by atoms with E-state index in [2.05, 4.69) is 50.4 Å². The van der Waals surface area contributed by atoms with E-state index in [1.165, 1.54) is 19.3 Å².